The highest BCUT2D eigenvalue weighted by molar-refractivity contribution is 5.96. The fourth-order valence-corrected chi connectivity index (χ4v) is 3.89. The molecule has 0 aromatic heterocycles. The van der Waals surface area contributed by atoms with Crippen LogP contribution in [-0.2, 0) is 0 Å². The number of amides is 1. The Labute approximate surface area is 168 Å². The van der Waals surface area contributed by atoms with E-state index < -0.39 is 0 Å². The molecule has 0 saturated carbocycles. The minimum Gasteiger partial charge on any atom is -0.496 e. The first-order valence-electron chi connectivity index (χ1n) is 9.90. The summed E-state index contributed by atoms with van der Waals surface area (Å²) in [6.07, 6.45) is 0.723. The number of hydrogen-bond acceptors (Lipinski definition) is 3. The summed E-state index contributed by atoms with van der Waals surface area (Å²) >= 11 is 0. The Kier molecular flexibility index (Phi) is 5.42. The smallest absolute Gasteiger partial charge is 0.252 e. The first-order valence-corrected chi connectivity index (χ1v) is 9.90. The molecule has 2 aromatic carbocycles. The summed E-state index contributed by atoms with van der Waals surface area (Å²) in [7, 11) is 1.67. The lowest BCUT2D eigenvalue weighted by molar-refractivity contribution is 0.0619. The molecule has 1 heterocycles. The van der Waals surface area contributed by atoms with Crippen molar-refractivity contribution in [1.29, 1.82) is 0 Å². The zero-order valence-electron chi connectivity index (χ0n) is 18.0. The summed E-state index contributed by atoms with van der Waals surface area (Å²) in [5.74, 6) is 1.90. The molecule has 0 saturated heterocycles. The Bertz CT molecular complexity index is 899. The van der Waals surface area contributed by atoms with Gasteiger partial charge in [-0.25, -0.2) is 0 Å². The Morgan fingerprint density at radius 2 is 1.93 bits per heavy atom. The maximum absolute atomic E-state index is 13.2. The third-order valence-corrected chi connectivity index (χ3v) is 5.38. The Hall–Kier alpha value is -2.49. The van der Waals surface area contributed by atoms with Crippen molar-refractivity contribution in [2.45, 2.75) is 65.5 Å². The zero-order valence-corrected chi connectivity index (χ0v) is 18.0. The van der Waals surface area contributed by atoms with E-state index in [4.69, 9.17) is 9.47 Å². The molecule has 28 heavy (non-hydrogen) atoms. The number of methoxy groups -OCH3 is 1. The lowest BCUT2D eigenvalue weighted by Crippen LogP contribution is -2.41. The van der Waals surface area contributed by atoms with Gasteiger partial charge in [-0.3, -0.25) is 4.79 Å². The van der Waals surface area contributed by atoms with E-state index in [0.717, 1.165) is 40.2 Å². The third kappa shape index (κ3) is 4.01. The molecule has 4 nitrogen and oxygen atoms in total. The van der Waals surface area contributed by atoms with Gasteiger partial charge in [-0.05, 0) is 68.5 Å². The molecule has 0 fully saturated rings. The van der Waals surface area contributed by atoms with Crippen LogP contribution in [0.15, 0.2) is 30.3 Å². The number of benzene rings is 2. The lowest BCUT2D eigenvalue weighted by atomic mass is 9.88. The van der Waals surface area contributed by atoms with Crippen LogP contribution in [0.2, 0.25) is 0 Å². The van der Waals surface area contributed by atoms with Crippen LogP contribution in [0.5, 0.6) is 11.5 Å². The Balaban J connectivity index is 1.94. The van der Waals surface area contributed by atoms with Gasteiger partial charge in [-0.15, -0.1) is 0 Å². The molecule has 4 heteroatoms. The number of carbonyl (C=O) groups is 1. The van der Waals surface area contributed by atoms with E-state index in [1.165, 1.54) is 0 Å². The predicted octanol–water partition coefficient (Wildman–Crippen LogP) is 5.47. The molecule has 0 aliphatic carbocycles. The molecular formula is C24H31NO3. The molecule has 0 radical (unpaired) electrons. The summed E-state index contributed by atoms with van der Waals surface area (Å²) in [4.78, 5) is 13.2. The molecule has 3 rings (SSSR count). The van der Waals surface area contributed by atoms with Gasteiger partial charge in [0.15, 0.2) is 0 Å². The van der Waals surface area contributed by atoms with Crippen LogP contribution >= 0.6 is 0 Å². The number of carbonyl (C=O) groups excluding carboxylic acids is 1. The van der Waals surface area contributed by atoms with E-state index in [0.29, 0.717) is 5.56 Å². The van der Waals surface area contributed by atoms with Crippen LogP contribution in [0.3, 0.4) is 0 Å². The molecule has 2 aromatic rings. The maximum atomic E-state index is 13.2. The van der Waals surface area contributed by atoms with Crippen molar-refractivity contribution in [2.75, 3.05) is 7.11 Å². The van der Waals surface area contributed by atoms with E-state index in [1.807, 2.05) is 32.0 Å². The largest absolute Gasteiger partial charge is 0.496 e. The first kappa shape index (κ1) is 20.2. The topological polar surface area (TPSA) is 47.6 Å². The number of fused-ring (bicyclic) bond motifs is 1. The van der Waals surface area contributed by atoms with Crippen molar-refractivity contribution < 1.29 is 14.3 Å². The summed E-state index contributed by atoms with van der Waals surface area (Å²) in [5.41, 5.74) is 4.50. The highest BCUT2D eigenvalue weighted by Crippen LogP contribution is 2.40. The van der Waals surface area contributed by atoms with Gasteiger partial charge in [0.1, 0.15) is 17.1 Å². The first-order chi connectivity index (χ1) is 13.1. The minimum atomic E-state index is -0.337. The summed E-state index contributed by atoms with van der Waals surface area (Å²) in [5, 5.41) is 3.25. The molecular weight excluding hydrogens is 350 g/mol. The van der Waals surface area contributed by atoms with Crippen LogP contribution in [0, 0.1) is 13.8 Å². The number of rotatable bonds is 4. The Morgan fingerprint density at radius 1 is 1.21 bits per heavy atom. The molecule has 1 amide bonds. The SMILES string of the molecule is COc1cc(C)c(C(=O)N[C@@H]2CC(C)(C)Oc3cc(C)ccc32)cc1C(C)C. The average molecular weight is 382 g/mol. The number of nitrogens with one attached hydrogen (secondary N) is 1. The highest BCUT2D eigenvalue weighted by atomic mass is 16.5. The van der Waals surface area contributed by atoms with E-state index >= 15 is 0 Å². The van der Waals surface area contributed by atoms with Crippen molar-refractivity contribution >= 4 is 5.91 Å². The second kappa shape index (κ2) is 7.50. The molecule has 1 atom stereocenters. The van der Waals surface area contributed by atoms with Gasteiger partial charge >= 0.3 is 0 Å². The van der Waals surface area contributed by atoms with E-state index in [2.05, 4.69) is 45.1 Å². The van der Waals surface area contributed by atoms with Gasteiger partial charge < -0.3 is 14.8 Å². The molecule has 0 spiro atoms. The standard InChI is InChI=1S/C24H31NO3/c1-14(2)18-12-19(16(4)11-21(18)27-7)23(26)25-20-13-24(5,6)28-22-10-15(3)8-9-17(20)22/h8-12,14,20H,13H2,1-7H3,(H,25,26)/t20-/m1/s1. The van der Waals surface area contributed by atoms with Gasteiger partial charge in [-0.2, -0.15) is 0 Å². The van der Waals surface area contributed by atoms with Crippen LogP contribution in [0.4, 0.5) is 0 Å². The van der Waals surface area contributed by atoms with Gasteiger partial charge in [0.2, 0.25) is 0 Å². The fourth-order valence-electron chi connectivity index (χ4n) is 3.89. The van der Waals surface area contributed by atoms with Crippen molar-refractivity contribution in [3.63, 3.8) is 0 Å². The second-order valence-electron chi connectivity index (χ2n) is 8.70. The van der Waals surface area contributed by atoms with Crippen LogP contribution in [0.25, 0.3) is 0 Å². The molecule has 1 aliphatic heterocycles. The Morgan fingerprint density at radius 3 is 2.57 bits per heavy atom. The van der Waals surface area contributed by atoms with E-state index in [9.17, 15) is 4.79 Å². The third-order valence-electron chi connectivity index (χ3n) is 5.38. The number of hydrogen-bond donors (Lipinski definition) is 1. The lowest BCUT2D eigenvalue weighted by Gasteiger charge is -2.38. The molecule has 0 unspecified atom stereocenters. The van der Waals surface area contributed by atoms with Crippen molar-refractivity contribution in [3.05, 3.63) is 58.1 Å². The molecule has 1 N–H and O–H groups in total. The van der Waals surface area contributed by atoms with E-state index in [-0.39, 0.29) is 23.5 Å². The van der Waals surface area contributed by atoms with Crippen molar-refractivity contribution in [3.8, 4) is 11.5 Å². The minimum absolute atomic E-state index is 0.0590. The highest BCUT2D eigenvalue weighted by Gasteiger charge is 2.35. The average Bonchev–Trinajstić information content (AvgIpc) is 2.59. The molecule has 1 aliphatic rings. The zero-order chi connectivity index (χ0) is 20.6. The van der Waals surface area contributed by atoms with Gasteiger partial charge in [0.25, 0.3) is 5.91 Å². The van der Waals surface area contributed by atoms with Crippen molar-refractivity contribution in [1.82, 2.24) is 5.32 Å². The van der Waals surface area contributed by atoms with Crippen LogP contribution in [-0.4, -0.2) is 18.6 Å². The summed E-state index contributed by atoms with van der Waals surface area (Å²) in [6, 6.07) is 10.0. The molecule has 150 valence electrons. The van der Waals surface area contributed by atoms with Gasteiger partial charge in [-0.1, -0.05) is 26.0 Å². The number of aryl methyl sites for hydroxylation is 2. The van der Waals surface area contributed by atoms with Crippen LogP contribution < -0.4 is 14.8 Å². The molecule has 0 bridgehead atoms. The number of ether oxygens (including phenoxy) is 2. The predicted molar refractivity (Wildman–Crippen MR) is 113 cm³/mol. The maximum Gasteiger partial charge on any atom is 0.252 e. The normalized spacial score (nSPS) is 17.6. The van der Waals surface area contributed by atoms with Gasteiger partial charge in [0.05, 0.1) is 13.2 Å². The quantitative estimate of drug-likeness (QED) is 0.764. The second-order valence-corrected chi connectivity index (χ2v) is 8.70. The summed E-state index contributed by atoms with van der Waals surface area (Å²) < 4.78 is 11.7. The summed E-state index contributed by atoms with van der Waals surface area (Å²) in [6.45, 7) is 12.3. The fraction of sp³-hybridized carbons (Fsp3) is 0.458. The van der Waals surface area contributed by atoms with Crippen LogP contribution in [0.1, 0.15) is 78.7 Å². The van der Waals surface area contributed by atoms with E-state index in [1.54, 1.807) is 7.11 Å². The monoisotopic (exact) mass is 381 g/mol. The van der Waals surface area contributed by atoms with Crippen molar-refractivity contribution in [2.24, 2.45) is 0 Å². The van der Waals surface area contributed by atoms with Gasteiger partial charge in [0, 0.05) is 17.5 Å².